The fraction of sp³-hybridized carbons (Fsp3) is 0.231. The van der Waals surface area contributed by atoms with Crippen LogP contribution >= 0.6 is 11.3 Å². The van der Waals surface area contributed by atoms with Gasteiger partial charge in [0.15, 0.2) is 5.78 Å². The Balaban J connectivity index is 1.19. The lowest BCUT2D eigenvalue weighted by molar-refractivity contribution is -0.125. The first-order valence-corrected chi connectivity index (χ1v) is 11.7. The van der Waals surface area contributed by atoms with Crippen LogP contribution in [0.15, 0.2) is 60.7 Å². The highest BCUT2D eigenvalue weighted by Gasteiger charge is 2.12. The lowest BCUT2D eigenvalue weighted by atomic mass is 10.1. The summed E-state index contributed by atoms with van der Waals surface area (Å²) in [6, 6.07) is 19.4. The van der Waals surface area contributed by atoms with Crippen molar-refractivity contribution in [2.24, 2.45) is 0 Å². The molecule has 7 heteroatoms. The van der Waals surface area contributed by atoms with E-state index in [4.69, 9.17) is 0 Å². The van der Waals surface area contributed by atoms with Gasteiger partial charge < -0.3 is 10.3 Å². The maximum atomic E-state index is 12.1. The van der Waals surface area contributed by atoms with Gasteiger partial charge in [0.1, 0.15) is 11.6 Å². The minimum atomic E-state index is -0.176. The molecule has 0 bridgehead atoms. The largest absolute Gasteiger partial charge is 0.352 e. The molecule has 0 unspecified atom stereocenters. The van der Waals surface area contributed by atoms with Crippen molar-refractivity contribution in [2.45, 2.75) is 39.2 Å². The fourth-order valence-corrected chi connectivity index (χ4v) is 4.33. The quantitative estimate of drug-likeness (QED) is 0.318. The van der Waals surface area contributed by atoms with Gasteiger partial charge in [-0.1, -0.05) is 36.4 Å². The van der Waals surface area contributed by atoms with Crippen molar-refractivity contribution in [2.75, 3.05) is 0 Å². The Morgan fingerprint density at radius 1 is 0.909 bits per heavy atom. The number of rotatable bonds is 10. The molecule has 6 nitrogen and oxygen atoms in total. The SMILES string of the molecule is Cc1ccc(C(=O)CCC(=O)CCC(=O)NCc2ccc(-c3nc4ccccc4[nH]3)cc2)s1. The number of para-hydroxylation sites is 2. The van der Waals surface area contributed by atoms with E-state index in [1.165, 1.54) is 11.3 Å². The lowest BCUT2D eigenvalue weighted by Crippen LogP contribution is -2.23. The number of imidazole rings is 1. The number of aromatic nitrogens is 2. The molecule has 2 aromatic carbocycles. The molecular weight excluding hydrogens is 434 g/mol. The van der Waals surface area contributed by atoms with Crippen molar-refractivity contribution in [3.8, 4) is 11.4 Å². The standard InChI is InChI=1S/C26H25N3O3S/c1-17-6-14-24(33-17)23(31)13-11-20(30)12-15-25(32)27-16-18-7-9-19(10-8-18)26-28-21-4-2-3-5-22(21)29-26/h2-10,14H,11-13,15-16H2,1H3,(H,27,32)(H,28,29). The van der Waals surface area contributed by atoms with Crippen molar-refractivity contribution >= 4 is 39.8 Å². The second-order valence-corrected chi connectivity index (χ2v) is 9.24. The summed E-state index contributed by atoms with van der Waals surface area (Å²) in [4.78, 5) is 45.9. The smallest absolute Gasteiger partial charge is 0.220 e. The average Bonchev–Trinajstić information content (AvgIpc) is 3.46. The van der Waals surface area contributed by atoms with Gasteiger partial charge in [0.05, 0.1) is 15.9 Å². The number of nitrogens with one attached hydrogen (secondary N) is 2. The number of fused-ring (bicyclic) bond motifs is 1. The molecule has 0 spiro atoms. The van der Waals surface area contributed by atoms with E-state index in [2.05, 4.69) is 15.3 Å². The monoisotopic (exact) mass is 459 g/mol. The van der Waals surface area contributed by atoms with Gasteiger partial charge >= 0.3 is 0 Å². The number of H-pyrrole nitrogens is 1. The van der Waals surface area contributed by atoms with Gasteiger partial charge in [-0.15, -0.1) is 11.3 Å². The lowest BCUT2D eigenvalue weighted by Gasteiger charge is -2.06. The van der Waals surface area contributed by atoms with Crippen molar-refractivity contribution in [1.82, 2.24) is 15.3 Å². The van der Waals surface area contributed by atoms with Crippen LogP contribution in [0.2, 0.25) is 0 Å². The molecule has 0 atom stereocenters. The first-order valence-electron chi connectivity index (χ1n) is 10.9. The van der Waals surface area contributed by atoms with E-state index < -0.39 is 0 Å². The number of ketones is 2. The summed E-state index contributed by atoms with van der Waals surface area (Å²) in [5, 5.41) is 2.85. The van der Waals surface area contributed by atoms with E-state index in [9.17, 15) is 14.4 Å². The number of hydrogen-bond donors (Lipinski definition) is 2. The van der Waals surface area contributed by atoms with E-state index in [0.717, 1.165) is 32.9 Å². The number of hydrogen-bond acceptors (Lipinski definition) is 5. The van der Waals surface area contributed by atoms with Crippen molar-refractivity contribution < 1.29 is 14.4 Å². The van der Waals surface area contributed by atoms with Crippen LogP contribution in [0.1, 0.15) is 45.8 Å². The predicted octanol–water partition coefficient (Wildman–Crippen LogP) is 5.23. The van der Waals surface area contributed by atoms with Crippen LogP contribution < -0.4 is 5.32 Å². The minimum Gasteiger partial charge on any atom is -0.352 e. The summed E-state index contributed by atoms with van der Waals surface area (Å²) in [5.74, 6) is 0.543. The van der Waals surface area contributed by atoms with Crippen LogP contribution in [-0.4, -0.2) is 27.4 Å². The molecule has 168 valence electrons. The molecule has 4 aromatic rings. The average molecular weight is 460 g/mol. The van der Waals surface area contributed by atoms with Gasteiger partial charge in [0, 0.05) is 42.7 Å². The third kappa shape index (κ3) is 6.02. The Hall–Kier alpha value is -3.58. The number of nitrogens with zero attached hydrogens (tertiary/aromatic N) is 1. The first kappa shape index (κ1) is 22.6. The van der Waals surface area contributed by atoms with Crippen LogP contribution in [0.4, 0.5) is 0 Å². The Bertz CT molecular complexity index is 1250. The third-order valence-electron chi connectivity index (χ3n) is 5.38. The van der Waals surface area contributed by atoms with E-state index >= 15 is 0 Å². The molecule has 33 heavy (non-hydrogen) atoms. The number of carbonyl (C=O) groups is 3. The summed E-state index contributed by atoms with van der Waals surface area (Å²) in [7, 11) is 0. The van der Waals surface area contributed by atoms with E-state index in [0.29, 0.717) is 11.4 Å². The second-order valence-electron chi connectivity index (χ2n) is 7.95. The molecule has 0 radical (unpaired) electrons. The molecule has 2 N–H and O–H groups in total. The number of benzene rings is 2. The summed E-state index contributed by atoms with van der Waals surface area (Å²) in [6.45, 7) is 2.34. The van der Waals surface area contributed by atoms with Gasteiger partial charge in [-0.2, -0.15) is 0 Å². The number of Topliss-reactive ketones (excluding diaryl/α,β-unsaturated/α-hetero) is 2. The van der Waals surface area contributed by atoms with E-state index in [-0.39, 0.29) is 43.2 Å². The maximum Gasteiger partial charge on any atom is 0.220 e. The molecule has 0 aliphatic rings. The topological polar surface area (TPSA) is 91.9 Å². The minimum absolute atomic E-state index is 0.0167. The Kier molecular flexibility index (Phi) is 7.10. The van der Waals surface area contributed by atoms with Gasteiger partial charge in [-0.25, -0.2) is 4.98 Å². The van der Waals surface area contributed by atoms with Crippen molar-refractivity contribution in [3.63, 3.8) is 0 Å². The van der Waals surface area contributed by atoms with E-state index in [1.54, 1.807) is 6.07 Å². The molecule has 4 rings (SSSR count). The number of amides is 1. The molecule has 0 aliphatic heterocycles. The molecule has 0 fully saturated rings. The Morgan fingerprint density at radius 2 is 1.67 bits per heavy atom. The molecule has 2 heterocycles. The maximum absolute atomic E-state index is 12.1. The zero-order valence-corrected chi connectivity index (χ0v) is 19.2. The van der Waals surface area contributed by atoms with Crippen LogP contribution in [0.5, 0.6) is 0 Å². The number of thiophene rings is 1. The van der Waals surface area contributed by atoms with Gasteiger partial charge in [0.25, 0.3) is 0 Å². The summed E-state index contributed by atoms with van der Waals surface area (Å²) >= 11 is 1.44. The van der Waals surface area contributed by atoms with Gasteiger partial charge in [-0.3, -0.25) is 14.4 Å². The molecular formula is C26H25N3O3S. The van der Waals surface area contributed by atoms with E-state index in [1.807, 2.05) is 61.5 Å². The zero-order valence-electron chi connectivity index (χ0n) is 18.4. The normalized spacial score (nSPS) is 10.9. The first-order chi connectivity index (χ1) is 16.0. The number of aromatic amines is 1. The summed E-state index contributed by atoms with van der Waals surface area (Å²) < 4.78 is 0. The highest BCUT2D eigenvalue weighted by molar-refractivity contribution is 7.14. The highest BCUT2D eigenvalue weighted by Crippen LogP contribution is 2.21. The van der Waals surface area contributed by atoms with Crippen LogP contribution in [0.25, 0.3) is 22.4 Å². The van der Waals surface area contributed by atoms with Crippen molar-refractivity contribution in [3.05, 3.63) is 76.0 Å². The van der Waals surface area contributed by atoms with Gasteiger partial charge in [0.2, 0.25) is 5.91 Å². The second kappa shape index (κ2) is 10.4. The fourth-order valence-electron chi connectivity index (χ4n) is 3.50. The highest BCUT2D eigenvalue weighted by atomic mass is 32.1. The summed E-state index contributed by atoms with van der Waals surface area (Å²) in [6.07, 6.45) is 0.639. The van der Waals surface area contributed by atoms with Crippen LogP contribution in [0.3, 0.4) is 0 Å². The third-order valence-corrected chi connectivity index (χ3v) is 6.43. The molecule has 1 amide bonds. The number of carbonyl (C=O) groups excluding carboxylic acids is 3. The number of aryl methyl sites for hydroxylation is 1. The molecule has 0 aliphatic carbocycles. The Morgan fingerprint density at radius 3 is 2.39 bits per heavy atom. The van der Waals surface area contributed by atoms with Crippen LogP contribution in [-0.2, 0) is 16.1 Å². The van der Waals surface area contributed by atoms with Crippen molar-refractivity contribution in [1.29, 1.82) is 0 Å². The summed E-state index contributed by atoms with van der Waals surface area (Å²) in [5.41, 5.74) is 3.85. The van der Waals surface area contributed by atoms with Gasteiger partial charge in [-0.05, 0) is 36.8 Å². The zero-order chi connectivity index (χ0) is 23.2. The molecule has 0 saturated heterocycles. The Labute approximate surface area is 196 Å². The molecule has 0 saturated carbocycles. The predicted molar refractivity (Wildman–Crippen MR) is 130 cm³/mol. The van der Waals surface area contributed by atoms with Crippen LogP contribution in [0, 0.1) is 6.92 Å². The molecule has 2 aromatic heterocycles.